The molecule has 0 radical (unpaired) electrons. The lowest BCUT2D eigenvalue weighted by molar-refractivity contribution is -0.137. The molecule has 0 spiro atoms. The first-order valence-electron chi connectivity index (χ1n) is 5.62. The standard InChI is InChI=1S/C11H14F6O2/c12-8(10(14)15)9(13)11(16,17)6-4-2-1-3-5-7(18)19/h10H,1-6H2,(H,18,19). The van der Waals surface area contributed by atoms with E-state index in [1.54, 1.807) is 0 Å². The number of unbranched alkanes of at least 4 members (excludes halogenated alkanes) is 3. The maximum Gasteiger partial charge on any atom is 0.303 e. The van der Waals surface area contributed by atoms with E-state index < -0.39 is 36.4 Å². The minimum atomic E-state index is -4.26. The van der Waals surface area contributed by atoms with Crippen LogP contribution in [-0.4, -0.2) is 23.4 Å². The first kappa shape index (κ1) is 17.8. The van der Waals surface area contributed by atoms with Gasteiger partial charge in [-0.25, -0.2) is 17.6 Å². The molecule has 0 aliphatic rings. The third-order valence-corrected chi connectivity index (χ3v) is 2.35. The van der Waals surface area contributed by atoms with Gasteiger partial charge in [0.15, 0.2) is 0 Å². The second kappa shape index (κ2) is 8.06. The van der Waals surface area contributed by atoms with Gasteiger partial charge in [-0.1, -0.05) is 12.8 Å². The number of carboxylic acids is 1. The molecule has 0 atom stereocenters. The van der Waals surface area contributed by atoms with Crippen LogP contribution in [0.25, 0.3) is 0 Å². The van der Waals surface area contributed by atoms with Gasteiger partial charge < -0.3 is 5.11 Å². The van der Waals surface area contributed by atoms with Gasteiger partial charge in [0.1, 0.15) is 0 Å². The number of carboxylic acid groups (broad SMARTS) is 1. The van der Waals surface area contributed by atoms with Crippen molar-refractivity contribution in [2.45, 2.75) is 50.9 Å². The first-order chi connectivity index (χ1) is 8.68. The van der Waals surface area contributed by atoms with Crippen LogP contribution in [0.15, 0.2) is 11.7 Å². The quantitative estimate of drug-likeness (QED) is 0.503. The summed E-state index contributed by atoms with van der Waals surface area (Å²) in [4.78, 5) is 10.1. The number of carbonyl (C=O) groups is 1. The highest BCUT2D eigenvalue weighted by Crippen LogP contribution is 2.35. The number of hydrogen-bond acceptors (Lipinski definition) is 1. The summed E-state index contributed by atoms with van der Waals surface area (Å²) in [6, 6.07) is 0. The molecule has 112 valence electrons. The van der Waals surface area contributed by atoms with Gasteiger partial charge >= 0.3 is 11.9 Å². The van der Waals surface area contributed by atoms with E-state index in [9.17, 15) is 31.1 Å². The third-order valence-electron chi connectivity index (χ3n) is 2.35. The molecule has 0 aromatic rings. The number of hydrogen-bond donors (Lipinski definition) is 1. The van der Waals surface area contributed by atoms with Crippen molar-refractivity contribution in [3.05, 3.63) is 11.7 Å². The predicted octanol–water partition coefficient (Wildman–Crippen LogP) is 4.46. The van der Waals surface area contributed by atoms with E-state index in [-0.39, 0.29) is 25.7 Å². The van der Waals surface area contributed by atoms with E-state index >= 15 is 0 Å². The highest BCUT2D eigenvalue weighted by atomic mass is 19.3. The van der Waals surface area contributed by atoms with Gasteiger partial charge in [-0.15, -0.1) is 0 Å². The van der Waals surface area contributed by atoms with Crippen LogP contribution in [0.2, 0.25) is 0 Å². The van der Waals surface area contributed by atoms with Crippen LogP contribution in [0.5, 0.6) is 0 Å². The summed E-state index contributed by atoms with van der Waals surface area (Å²) >= 11 is 0. The fourth-order valence-corrected chi connectivity index (χ4v) is 1.36. The predicted molar refractivity (Wildman–Crippen MR) is 55.5 cm³/mol. The van der Waals surface area contributed by atoms with Crippen molar-refractivity contribution in [1.29, 1.82) is 0 Å². The Morgan fingerprint density at radius 1 is 1.05 bits per heavy atom. The van der Waals surface area contributed by atoms with Gasteiger partial charge in [-0.05, 0) is 12.8 Å². The molecule has 19 heavy (non-hydrogen) atoms. The Hall–Kier alpha value is -1.21. The molecular formula is C11H14F6O2. The summed E-state index contributed by atoms with van der Waals surface area (Å²) < 4.78 is 74.4. The normalized spacial score (nSPS) is 13.6. The van der Waals surface area contributed by atoms with E-state index in [1.165, 1.54) is 0 Å². The van der Waals surface area contributed by atoms with Crippen LogP contribution in [0.3, 0.4) is 0 Å². The molecule has 0 aliphatic heterocycles. The topological polar surface area (TPSA) is 37.3 Å². The van der Waals surface area contributed by atoms with Gasteiger partial charge in [0.05, 0.1) is 0 Å². The molecule has 0 fully saturated rings. The summed E-state index contributed by atoms with van der Waals surface area (Å²) in [7, 11) is 0. The molecule has 0 aromatic heterocycles. The van der Waals surface area contributed by atoms with Gasteiger partial charge in [-0.3, -0.25) is 4.79 Å². The number of halogens is 6. The maximum absolute atomic E-state index is 13.0. The molecule has 0 unspecified atom stereocenters. The van der Waals surface area contributed by atoms with E-state index in [4.69, 9.17) is 5.11 Å². The van der Waals surface area contributed by atoms with Gasteiger partial charge in [0.2, 0.25) is 11.7 Å². The average Bonchev–Trinajstić information content (AvgIpc) is 2.31. The van der Waals surface area contributed by atoms with Crippen LogP contribution < -0.4 is 0 Å². The Morgan fingerprint density at radius 2 is 1.58 bits per heavy atom. The van der Waals surface area contributed by atoms with Crippen molar-refractivity contribution in [2.75, 3.05) is 0 Å². The fourth-order valence-electron chi connectivity index (χ4n) is 1.36. The smallest absolute Gasteiger partial charge is 0.303 e. The number of aliphatic carboxylic acids is 1. The van der Waals surface area contributed by atoms with Crippen molar-refractivity contribution >= 4 is 5.97 Å². The molecular weight excluding hydrogens is 278 g/mol. The minimum Gasteiger partial charge on any atom is -0.481 e. The second-order valence-corrected chi connectivity index (χ2v) is 3.98. The zero-order valence-corrected chi connectivity index (χ0v) is 9.94. The number of alkyl halides is 4. The Kier molecular flexibility index (Phi) is 7.55. The molecule has 1 N–H and O–H groups in total. The summed E-state index contributed by atoms with van der Waals surface area (Å²) in [5, 5.41) is 8.30. The van der Waals surface area contributed by atoms with Crippen molar-refractivity contribution in [2.24, 2.45) is 0 Å². The molecule has 2 nitrogen and oxygen atoms in total. The second-order valence-electron chi connectivity index (χ2n) is 3.98. The minimum absolute atomic E-state index is 0.106. The Balaban J connectivity index is 4.11. The Bertz CT molecular complexity index is 327. The average molecular weight is 292 g/mol. The van der Waals surface area contributed by atoms with E-state index in [0.29, 0.717) is 6.42 Å². The molecule has 0 saturated carbocycles. The highest BCUT2D eigenvalue weighted by molar-refractivity contribution is 5.66. The van der Waals surface area contributed by atoms with E-state index in [1.807, 2.05) is 0 Å². The fraction of sp³-hybridized carbons (Fsp3) is 0.727. The largest absolute Gasteiger partial charge is 0.481 e. The lowest BCUT2D eigenvalue weighted by Gasteiger charge is -2.14. The number of allylic oxidation sites excluding steroid dienone is 2. The van der Waals surface area contributed by atoms with Crippen LogP contribution in [-0.2, 0) is 4.79 Å². The van der Waals surface area contributed by atoms with Crippen LogP contribution in [0, 0.1) is 0 Å². The van der Waals surface area contributed by atoms with Crippen molar-refractivity contribution in [3.8, 4) is 0 Å². The lowest BCUT2D eigenvalue weighted by atomic mass is 10.1. The summed E-state index contributed by atoms with van der Waals surface area (Å²) in [5.74, 6) is -10.7. The van der Waals surface area contributed by atoms with Crippen LogP contribution >= 0.6 is 0 Å². The third kappa shape index (κ3) is 7.07. The molecule has 0 bridgehead atoms. The zero-order valence-electron chi connectivity index (χ0n) is 9.94. The van der Waals surface area contributed by atoms with Gasteiger partial charge in [0.25, 0.3) is 6.43 Å². The van der Waals surface area contributed by atoms with Crippen LogP contribution in [0.4, 0.5) is 26.3 Å². The monoisotopic (exact) mass is 292 g/mol. The van der Waals surface area contributed by atoms with Gasteiger partial charge in [-0.2, -0.15) is 8.78 Å². The van der Waals surface area contributed by atoms with Gasteiger partial charge in [0, 0.05) is 12.8 Å². The zero-order chi connectivity index (χ0) is 15.1. The molecule has 0 aliphatic carbocycles. The van der Waals surface area contributed by atoms with Crippen LogP contribution in [0.1, 0.15) is 38.5 Å². The summed E-state index contributed by atoms with van der Waals surface area (Å²) in [5.41, 5.74) is 0. The van der Waals surface area contributed by atoms with E-state index in [2.05, 4.69) is 0 Å². The van der Waals surface area contributed by atoms with E-state index in [0.717, 1.165) is 0 Å². The molecule has 0 rings (SSSR count). The Morgan fingerprint density at radius 3 is 2.05 bits per heavy atom. The Labute approximate surface area is 106 Å². The highest BCUT2D eigenvalue weighted by Gasteiger charge is 2.39. The molecule has 0 saturated heterocycles. The summed E-state index contributed by atoms with van der Waals surface area (Å²) in [6.45, 7) is 0. The molecule has 0 aromatic carbocycles. The number of rotatable bonds is 9. The maximum atomic E-state index is 13.0. The van der Waals surface area contributed by atoms with Crippen molar-refractivity contribution < 1.29 is 36.2 Å². The SMILES string of the molecule is O=C(O)CCCCCCC(F)(F)C(F)=C(F)C(F)F. The molecule has 0 heterocycles. The molecule has 0 amide bonds. The molecule has 8 heteroatoms. The van der Waals surface area contributed by atoms with Crippen molar-refractivity contribution in [3.63, 3.8) is 0 Å². The lowest BCUT2D eigenvalue weighted by Crippen LogP contribution is -2.19. The summed E-state index contributed by atoms with van der Waals surface area (Å²) in [6.07, 6.45) is -4.50. The first-order valence-corrected chi connectivity index (χ1v) is 5.62. The van der Waals surface area contributed by atoms with Crippen molar-refractivity contribution in [1.82, 2.24) is 0 Å².